The molecular formula is C14H19NO. The maximum Gasteiger partial charge on any atom is 0.134 e. The van der Waals surface area contributed by atoms with Gasteiger partial charge in [0.1, 0.15) is 5.78 Å². The van der Waals surface area contributed by atoms with E-state index in [1.54, 1.807) is 6.92 Å². The highest BCUT2D eigenvalue weighted by Gasteiger charge is 2.20. The van der Waals surface area contributed by atoms with Gasteiger partial charge in [0.05, 0.1) is 0 Å². The van der Waals surface area contributed by atoms with E-state index in [1.807, 2.05) is 0 Å². The number of rotatable bonds is 3. The molecular weight excluding hydrogens is 198 g/mol. The molecule has 0 radical (unpaired) electrons. The molecule has 0 aliphatic carbocycles. The molecule has 16 heavy (non-hydrogen) atoms. The minimum Gasteiger partial charge on any atom is -0.300 e. The molecule has 1 aliphatic heterocycles. The fraction of sp³-hybridized carbons (Fsp3) is 0.500. The number of carbonyl (C=O) groups excluding carboxylic acids is 1. The zero-order valence-electron chi connectivity index (χ0n) is 10.3. The van der Waals surface area contributed by atoms with Gasteiger partial charge in [-0.3, -0.25) is 9.69 Å². The van der Waals surface area contributed by atoms with E-state index in [1.165, 1.54) is 11.1 Å². The number of ketones is 1. The van der Waals surface area contributed by atoms with Gasteiger partial charge in [0.15, 0.2) is 0 Å². The summed E-state index contributed by atoms with van der Waals surface area (Å²) in [7, 11) is 0. The van der Waals surface area contributed by atoms with E-state index in [0.717, 1.165) is 18.7 Å². The highest BCUT2D eigenvalue weighted by molar-refractivity contribution is 5.78. The number of carbonyl (C=O) groups is 1. The zero-order valence-corrected chi connectivity index (χ0v) is 10.3. The van der Waals surface area contributed by atoms with Gasteiger partial charge < -0.3 is 0 Å². The standard InChI is InChI=1S/C14H19NO/c1-10(2)15-8-13-5-4-12(6-11(3)16)7-14(13)9-15/h4-5,7,10H,6,8-9H2,1-3H3. The highest BCUT2D eigenvalue weighted by Crippen LogP contribution is 2.25. The molecule has 0 unspecified atom stereocenters. The Kier molecular flexibility index (Phi) is 3.10. The van der Waals surface area contributed by atoms with Gasteiger partial charge in [0, 0.05) is 25.6 Å². The first-order chi connectivity index (χ1) is 7.56. The second-order valence-corrected chi connectivity index (χ2v) is 4.98. The smallest absolute Gasteiger partial charge is 0.134 e. The lowest BCUT2D eigenvalue weighted by atomic mass is 10.0. The SMILES string of the molecule is CC(=O)Cc1ccc2c(c1)CN(C(C)C)C2. The molecule has 1 aromatic rings. The molecule has 0 aromatic heterocycles. The summed E-state index contributed by atoms with van der Waals surface area (Å²) in [5, 5.41) is 0. The summed E-state index contributed by atoms with van der Waals surface area (Å²) in [6, 6.07) is 7.04. The maximum atomic E-state index is 11.1. The number of fused-ring (bicyclic) bond motifs is 1. The fourth-order valence-electron chi connectivity index (χ4n) is 2.24. The van der Waals surface area contributed by atoms with Crippen molar-refractivity contribution in [3.05, 3.63) is 34.9 Å². The Morgan fingerprint density at radius 3 is 2.62 bits per heavy atom. The Labute approximate surface area is 97.3 Å². The van der Waals surface area contributed by atoms with E-state index < -0.39 is 0 Å². The summed E-state index contributed by atoms with van der Waals surface area (Å²) in [6.45, 7) is 8.17. The lowest BCUT2D eigenvalue weighted by Gasteiger charge is -2.18. The zero-order chi connectivity index (χ0) is 11.7. The first-order valence-corrected chi connectivity index (χ1v) is 5.90. The van der Waals surface area contributed by atoms with Crippen LogP contribution in [0.5, 0.6) is 0 Å². The van der Waals surface area contributed by atoms with Crippen LogP contribution in [0.1, 0.15) is 37.5 Å². The molecule has 2 nitrogen and oxygen atoms in total. The van der Waals surface area contributed by atoms with Gasteiger partial charge in [-0.15, -0.1) is 0 Å². The monoisotopic (exact) mass is 217 g/mol. The van der Waals surface area contributed by atoms with Gasteiger partial charge in [-0.25, -0.2) is 0 Å². The molecule has 0 spiro atoms. The molecule has 0 fully saturated rings. The maximum absolute atomic E-state index is 11.1. The predicted molar refractivity (Wildman–Crippen MR) is 65.2 cm³/mol. The fourth-order valence-corrected chi connectivity index (χ4v) is 2.24. The molecule has 86 valence electrons. The van der Waals surface area contributed by atoms with E-state index in [2.05, 4.69) is 36.9 Å². The first-order valence-electron chi connectivity index (χ1n) is 5.90. The van der Waals surface area contributed by atoms with Crippen LogP contribution in [0.3, 0.4) is 0 Å². The minimum absolute atomic E-state index is 0.235. The third kappa shape index (κ3) is 2.33. The van der Waals surface area contributed by atoms with Crippen LogP contribution in [0.15, 0.2) is 18.2 Å². The van der Waals surface area contributed by atoms with Crippen molar-refractivity contribution in [3.8, 4) is 0 Å². The summed E-state index contributed by atoms with van der Waals surface area (Å²) in [5.74, 6) is 0.235. The van der Waals surface area contributed by atoms with Crippen LogP contribution in [-0.4, -0.2) is 16.7 Å². The molecule has 0 amide bonds. The van der Waals surface area contributed by atoms with E-state index >= 15 is 0 Å². The molecule has 2 heteroatoms. The van der Waals surface area contributed by atoms with Gasteiger partial charge in [-0.2, -0.15) is 0 Å². The topological polar surface area (TPSA) is 20.3 Å². The Morgan fingerprint density at radius 1 is 1.31 bits per heavy atom. The van der Waals surface area contributed by atoms with Gasteiger partial charge >= 0.3 is 0 Å². The largest absolute Gasteiger partial charge is 0.300 e. The van der Waals surface area contributed by atoms with Crippen LogP contribution in [0, 0.1) is 0 Å². The van der Waals surface area contributed by atoms with E-state index in [-0.39, 0.29) is 5.78 Å². The third-order valence-corrected chi connectivity index (χ3v) is 3.20. The van der Waals surface area contributed by atoms with E-state index in [0.29, 0.717) is 12.5 Å². The normalized spacial score (nSPS) is 15.5. The van der Waals surface area contributed by atoms with Crippen molar-refractivity contribution in [2.75, 3.05) is 0 Å². The summed E-state index contributed by atoms with van der Waals surface area (Å²) in [5.41, 5.74) is 3.96. The van der Waals surface area contributed by atoms with Crippen LogP contribution < -0.4 is 0 Å². The van der Waals surface area contributed by atoms with Crippen molar-refractivity contribution >= 4 is 5.78 Å². The lowest BCUT2D eigenvalue weighted by molar-refractivity contribution is -0.116. The number of Topliss-reactive ketones (excluding diaryl/α,β-unsaturated/α-hetero) is 1. The highest BCUT2D eigenvalue weighted by atomic mass is 16.1. The molecule has 0 saturated heterocycles. The van der Waals surface area contributed by atoms with Crippen LogP contribution >= 0.6 is 0 Å². The van der Waals surface area contributed by atoms with Gasteiger partial charge in [-0.1, -0.05) is 18.2 Å². The molecule has 0 bridgehead atoms. The first kappa shape index (κ1) is 11.3. The average molecular weight is 217 g/mol. The van der Waals surface area contributed by atoms with Crippen molar-refractivity contribution < 1.29 is 4.79 Å². The molecule has 0 atom stereocenters. The summed E-state index contributed by atoms with van der Waals surface area (Å²) < 4.78 is 0. The molecule has 1 aliphatic rings. The summed E-state index contributed by atoms with van der Waals surface area (Å²) in [4.78, 5) is 13.5. The van der Waals surface area contributed by atoms with Crippen molar-refractivity contribution in [1.29, 1.82) is 0 Å². The number of benzene rings is 1. The Balaban J connectivity index is 2.17. The molecule has 0 saturated carbocycles. The Bertz CT molecular complexity index is 409. The van der Waals surface area contributed by atoms with Crippen LogP contribution in [-0.2, 0) is 24.3 Å². The van der Waals surface area contributed by atoms with Crippen LogP contribution in [0.4, 0.5) is 0 Å². The second-order valence-electron chi connectivity index (χ2n) is 4.98. The number of hydrogen-bond donors (Lipinski definition) is 0. The van der Waals surface area contributed by atoms with Crippen molar-refractivity contribution in [3.63, 3.8) is 0 Å². The van der Waals surface area contributed by atoms with E-state index in [9.17, 15) is 4.79 Å². The summed E-state index contributed by atoms with van der Waals surface area (Å²) >= 11 is 0. The second kappa shape index (κ2) is 4.38. The molecule has 1 aromatic carbocycles. The van der Waals surface area contributed by atoms with Crippen molar-refractivity contribution in [1.82, 2.24) is 4.90 Å². The van der Waals surface area contributed by atoms with Gasteiger partial charge in [-0.05, 0) is 37.5 Å². The number of hydrogen-bond acceptors (Lipinski definition) is 2. The average Bonchev–Trinajstić information content (AvgIpc) is 2.59. The lowest BCUT2D eigenvalue weighted by Crippen LogP contribution is -2.24. The Morgan fingerprint density at radius 2 is 2.00 bits per heavy atom. The van der Waals surface area contributed by atoms with Crippen LogP contribution in [0.2, 0.25) is 0 Å². The van der Waals surface area contributed by atoms with Gasteiger partial charge in [0.2, 0.25) is 0 Å². The molecule has 1 heterocycles. The quantitative estimate of drug-likeness (QED) is 0.775. The Hall–Kier alpha value is -1.15. The van der Waals surface area contributed by atoms with Gasteiger partial charge in [0.25, 0.3) is 0 Å². The van der Waals surface area contributed by atoms with Crippen molar-refractivity contribution in [2.24, 2.45) is 0 Å². The minimum atomic E-state index is 0.235. The summed E-state index contributed by atoms with van der Waals surface area (Å²) in [6.07, 6.45) is 0.564. The number of nitrogens with zero attached hydrogens (tertiary/aromatic N) is 1. The third-order valence-electron chi connectivity index (χ3n) is 3.20. The predicted octanol–water partition coefficient (Wildman–Crippen LogP) is 2.54. The van der Waals surface area contributed by atoms with Crippen molar-refractivity contribution in [2.45, 2.75) is 46.3 Å². The molecule has 2 rings (SSSR count). The molecule has 0 N–H and O–H groups in total. The van der Waals surface area contributed by atoms with E-state index in [4.69, 9.17) is 0 Å². The van der Waals surface area contributed by atoms with Crippen LogP contribution in [0.25, 0.3) is 0 Å².